The first-order chi connectivity index (χ1) is 15.4. The fraction of sp³-hybridized carbons (Fsp3) is 0.0833. The summed E-state index contributed by atoms with van der Waals surface area (Å²) < 4.78 is 16.3. The van der Waals surface area contributed by atoms with Crippen molar-refractivity contribution in [3.8, 4) is 17.2 Å². The van der Waals surface area contributed by atoms with E-state index in [9.17, 15) is 19.7 Å². The molecule has 0 N–H and O–H groups in total. The lowest BCUT2D eigenvalue weighted by molar-refractivity contribution is -0.384. The molecular weight excluding hydrogens is 414 g/mol. The number of ketones is 2. The van der Waals surface area contributed by atoms with Crippen molar-refractivity contribution in [1.82, 2.24) is 0 Å². The number of nitrogens with zero attached hydrogens (tertiary/aromatic N) is 1. The van der Waals surface area contributed by atoms with Crippen molar-refractivity contribution >= 4 is 23.3 Å². The minimum absolute atomic E-state index is 0.0416. The third kappa shape index (κ3) is 4.34. The Kier molecular flexibility index (Phi) is 5.67. The van der Waals surface area contributed by atoms with Crippen LogP contribution in [0.2, 0.25) is 0 Å². The van der Waals surface area contributed by atoms with Gasteiger partial charge in [0.25, 0.3) is 5.69 Å². The number of fused-ring (bicyclic) bond motifs is 1. The van der Waals surface area contributed by atoms with E-state index in [1.165, 1.54) is 30.3 Å². The van der Waals surface area contributed by atoms with Crippen LogP contribution in [0.25, 0.3) is 6.08 Å². The van der Waals surface area contributed by atoms with Crippen LogP contribution in [0.15, 0.2) is 72.5 Å². The van der Waals surface area contributed by atoms with Crippen LogP contribution >= 0.6 is 0 Å². The fourth-order valence-corrected chi connectivity index (χ4v) is 3.11. The SMILES string of the molecule is COc1ccc(C(=O)COc2ccc3c(c2)OC(=Cc2ccc([N+](=O)[O-])cc2)C3=O)cc1. The van der Waals surface area contributed by atoms with Gasteiger partial charge < -0.3 is 14.2 Å². The van der Waals surface area contributed by atoms with Crippen molar-refractivity contribution < 1.29 is 28.7 Å². The molecule has 160 valence electrons. The van der Waals surface area contributed by atoms with Crippen LogP contribution in [0, 0.1) is 10.1 Å². The lowest BCUT2D eigenvalue weighted by atomic mass is 10.1. The maximum Gasteiger partial charge on any atom is 0.269 e. The zero-order chi connectivity index (χ0) is 22.7. The van der Waals surface area contributed by atoms with Gasteiger partial charge in [0.2, 0.25) is 5.78 Å². The Balaban J connectivity index is 1.44. The van der Waals surface area contributed by atoms with E-state index in [1.54, 1.807) is 49.6 Å². The number of hydrogen-bond donors (Lipinski definition) is 0. The number of nitro benzene ring substituents is 1. The lowest BCUT2D eigenvalue weighted by Gasteiger charge is -2.07. The summed E-state index contributed by atoms with van der Waals surface area (Å²) in [6.45, 7) is -0.176. The number of nitro groups is 1. The monoisotopic (exact) mass is 431 g/mol. The zero-order valence-electron chi connectivity index (χ0n) is 16.9. The van der Waals surface area contributed by atoms with Crippen LogP contribution < -0.4 is 14.2 Å². The lowest BCUT2D eigenvalue weighted by Crippen LogP contribution is -2.11. The molecule has 1 heterocycles. The smallest absolute Gasteiger partial charge is 0.269 e. The predicted octanol–water partition coefficient (Wildman–Crippen LogP) is 4.48. The molecule has 0 radical (unpaired) electrons. The summed E-state index contributed by atoms with van der Waals surface area (Å²) in [5, 5.41) is 10.8. The maximum atomic E-state index is 12.6. The average molecular weight is 431 g/mol. The molecule has 0 saturated heterocycles. The molecular formula is C24H17NO7. The quantitative estimate of drug-likeness (QED) is 0.235. The van der Waals surface area contributed by atoms with Crippen molar-refractivity contribution in [2.24, 2.45) is 0 Å². The summed E-state index contributed by atoms with van der Waals surface area (Å²) in [5.41, 5.74) is 1.41. The van der Waals surface area contributed by atoms with Gasteiger partial charge >= 0.3 is 0 Å². The van der Waals surface area contributed by atoms with Crippen LogP contribution in [0.5, 0.6) is 17.2 Å². The highest BCUT2D eigenvalue weighted by Gasteiger charge is 2.28. The van der Waals surface area contributed by atoms with Crippen molar-refractivity contribution in [3.05, 3.63) is 99.3 Å². The standard InChI is InChI=1S/C24H17NO7/c1-30-18-8-4-16(5-9-18)21(26)14-31-19-10-11-20-22(13-19)32-23(24(20)27)12-15-2-6-17(7-3-15)25(28)29/h2-13H,14H2,1H3. The van der Waals surface area contributed by atoms with E-state index in [1.807, 2.05) is 0 Å². The molecule has 0 aromatic heterocycles. The molecule has 0 bridgehead atoms. The highest BCUT2D eigenvalue weighted by Crippen LogP contribution is 2.35. The highest BCUT2D eigenvalue weighted by atomic mass is 16.6. The van der Waals surface area contributed by atoms with E-state index in [0.717, 1.165) is 0 Å². The van der Waals surface area contributed by atoms with Crippen molar-refractivity contribution in [1.29, 1.82) is 0 Å². The topological polar surface area (TPSA) is 105 Å². The van der Waals surface area contributed by atoms with Gasteiger partial charge in [0.1, 0.15) is 17.2 Å². The molecule has 0 fully saturated rings. The van der Waals surface area contributed by atoms with Crippen LogP contribution in [0.1, 0.15) is 26.3 Å². The number of non-ortho nitro benzene ring substituents is 1. The predicted molar refractivity (Wildman–Crippen MR) is 115 cm³/mol. The Morgan fingerprint density at radius 3 is 2.38 bits per heavy atom. The zero-order valence-corrected chi connectivity index (χ0v) is 16.9. The van der Waals surface area contributed by atoms with Crippen molar-refractivity contribution in [2.75, 3.05) is 13.7 Å². The molecule has 1 aliphatic heterocycles. The van der Waals surface area contributed by atoms with Gasteiger partial charge in [0.15, 0.2) is 18.1 Å². The maximum absolute atomic E-state index is 12.6. The molecule has 3 aromatic rings. The van der Waals surface area contributed by atoms with Crippen molar-refractivity contribution in [2.45, 2.75) is 0 Å². The third-order valence-electron chi connectivity index (χ3n) is 4.83. The van der Waals surface area contributed by atoms with Gasteiger partial charge in [0.05, 0.1) is 17.6 Å². The number of ether oxygens (including phenoxy) is 3. The second kappa shape index (κ2) is 8.73. The highest BCUT2D eigenvalue weighted by molar-refractivity contribution is 6.14. The number of carbonyl (C=O) groups is 2. The van der Waals surface area contributed by atoms with E-state index < -0.39 is 4.92 Å². The number of rotatable bonds is 7. The van der Waals surface area contributed by atoms with E-state index in [2.05, 4.69) is 0 Å². The Morgan fingerprint density at radius 2 is 1.72 bits per heavy atom. The Morgan fingerprint density at radius 1 is 1.03 bits per heavy atom. The number of hydrogen-bond acceptors (Lipinski definition) is 7. The third-order valence-corrected chi connectivity index (χ3v) is 4.83. The molecule has 4 rings (SSSR count). The Bertz CT molecular complexity index is 1230. The first kappa shape index (κ1) is 20.8. The molecule has 0 aliphatic carbocycles. The largest absolute Gasteiger partial charge is 0.497 e. The normalized spacial score (nSPS) is 13.4. The van der Waals surface area contributed by atoms with Gasteiger partial charge in [-0.05, 0) is 60.2 Å². The van der Waals surface area contributed by atoms with E-state index in [0.29, 0.717) is 33.9 Å². The molecule has 0 saturated carbocycles. The summed E-state index contributed by atoms with van der Waals surface area (Å²) in [6, 6.07) is 17.2. The van der Waals surface area contributed by atoms with Crippen LogP contribution in [0.4, 0.5) is 5.69 Å². The molecule has 32 heavy (non-hydrogen) atoms. The van der Waals surface area contributed by atoms with E-state index in [4.69, 9.17) is 14.2 Å². The van der Waals surface area contributed by atoms with Gasteiger partial charge in [-0.25, -0.2) is 0 Å². The summed E-state index contributed by atoms with van der Waals surface area (Å²) >= 11 is 0. The molecule has 0 atom stereocenters. The van der Waals surface area contributed by atoms with Crippen molar-refractivity contribution in [3.63, 3.8) is 0 Å². The average Bonchev–Trinajstić information content (AvgIpc) is 3.12. The van der Waals surface area contributed by atoms with Gasteiger partial charge in [0, 0.05) is 23.8 Å². The second-order valence-electron chi connectivity index (χ2n) is 6.89. The molecule has 8 nitrogen and oxygen atoms in total. The first-order valence-electron chi connectivity index (χ1n) is 9.57. The molecule has 1 aliphatic rings. The number of Topliss-reactive ketones (excluding diaryl/α,β-unsaturated/α-hetero) is 2. The molecule has 0 unspecified atom stereocenters. The number of carbonyl (C=O) groups excluding carboxylic acids is 2. The summed E-state index contributed by atoms with van der Waals surface area (Å²) in [4.78, 5) is 35.2. The van der Waals surface area contributed by atoms with Gasteiger partial charge in [-0.3, -0.25) is 19.7 Å². The minimum Gasteiger partial charge on any atom is -0.497 e. The fourth-order valence-electron chi connectivity index (χ4n) is 3.11. The number of allylic oxidation sites excluding steroid dienone is 1. The molecule has 0 amide bonds. The summed E-state index contributed by atoms with van der Waals surface area (Å²) in [5.74, 6) is 0.941. The van der Waals surface area contributed by atoms with E-state index >= 15 is 0 Å². The summed E-state index contributed by atoms with van der Waals surface area (Å²) in [7, 11) is 1.55. The Hall–Kier alpha value is -4.46. The number of benzene rings is 3. The van der Waals surface area contributed by atoms with E-state index in [-0.39, 0.29) is 29.6 Å². The number of methoxy groups -OCH3 is 1. The molecule has 3 aromatic carbocycles. The van der Waals surface area contributed by atoms with Crippen LogP contribution in [-0.4, -0.2) is 30.2 Å². The van der Waals surface area contributed by atoms with Gasteiger partial charge in [-0.1, -0.05) is 0 Å². The molecule has 0 spiro atoms. The second-order valence-corrected chi connectivity index (χ2v) is 6.89. The Labute approximate surface area is 182 Å². The van der Waals surface area contributed by atoms with Gasteiger partial charge in [-0.2, -0.15) is 0 Å². The first-order valence-corrected chi connectivity index (χ1v) is 9.57. The van der Waals surface area contributed by atoms with Gasteiger partial charge in [-0.15, -0.1) is 0 Å². The molecule has 8 heteroatoms. The minimum atomic E-state index is -0.495. The van der Waals surface area contributed by atoms with Crippen LogP contribution in [0.3, 0.4) is 0 Å². The summed E-state index contributed by atoms with van der Waals surface area (Å²) in [6.07, 6.45) is 1.51. The van der Waals surface area contributed by atoms with Crippen LogP contribution in [-0.2, 0) is 0 Å².